The van der Waals surface area contributed by atoms with Gasteiger partial charge in [0.05, 0.1) is 0 Å². The number of hydrogen-bond acceptors (Lipinski definition) is 12. The Kier molecular flexibility index (Phi) is 7.31. The lowest BCUT2D eigenvalue weighted by Gasteiger charge is -2.39. The number of carbonyl (C=O) groups is 2. The first-order valence-electron chi connectivity index (χ1n) is 10.9. The Hall–Kier alpha value is -4.17. The van der Waals surface area contributed by atoms with Gasteiger partial charge in [-0.3, -0.25) is 14.4 Å². The van der Waals surface area contributed by atoms with Crippen LogP contribution in [0.25, 0.3) is 22.3 Å². The van der Waals surface area contributed by atoms with Crippen molar-refractivity contribution >= 4 is 22.9 Å². The lowest BCUT2D eigenvalue weighted by atomic mass is 9.99. The Morgan fingerprint density at radius 3 is 2.32 bits per heavy atom. The summed E-state index contributed by atoms with van der Waals surface area (Å²) in [6, 6.07) is 10.8. The summed E-state index contributed by atoms with van der Waals surface area (Å²) in [4.78, 5) is 34.7. The van der Waals surface area contributed by atoms with Crippen LogP contribution in [-0.4, -0.2) is 79.9 Å². The molecule has 6 N–H and O–H groups in total. The highest BCUT2D eigenvalue weighted by Gasteiger charge is 2.46. The summed E-state index contributed by atoms with van der Waals surface area (Å²) in [6.45, 7) is -0.693. The fourth-order valence-corrected chi connectivity index (χ4v) is 3.73. The summed E-state index contributed by atoms with van der Waals surface area (Å²) in [6.07, 6.45) is -9.67. The van der Waals surface area contributed by atoms with E-state index < -0.39 is 78.3 Å². The van der Waals surface area contributed by atoms with Gasteiger partial charge in [0, 0.05) is 17.7 Å². The number of aliphatic hydroxyl groups excluding tert-OH is 3. The summed E-state index contributed by atoms with van der Waals surface area (Å²) < 4.78 is 21.3. The molecule has 1 aliphatic rings. The molecule has 13 heteroatoms. The van der Waals surface area contributed by atoms with E-state index in [2.05, 4.69) is 0 Å². The van der Waals surface area contributed by atoms with Crippen LogP contribution in [-0.2, 0) is 19.1 Å². The lowest BCUT2D eigenvalue weighted by Crippen LogP contribution is -2.60. The zero-order chi connectivity index (χ0) is 26.9. The zero-order valence-electron chi connectivity index (χ0n) is 18.9. The number of ether oxygens (including phenoxy) is 3. The molecule has 37 heavy (non-hydrogen) atoms. The average Bonchev–Trinajstić information content (AvgIpc) is 2.86. The van der Waals surface area contributed by atoms with Crippen LogP contribution >= 0.6 is 0 Å². The van der Waals surface area contributed by atoms with E-state index in [0.717, 1.165) is 12.1 Å². The number of esters is 1. The Labute approximate surface area is 207 Å². The molecule has 0 saturated carbocycles. The number of phenols is 2. The maximum atomic E-state index is 12.6. The summed E-state index contributed by atoms with van der Waals surface area (Å²) in [5, 5.41) is 59.9. The van der Waals surface area contributed by atoms with E-state index in [9.17, 15) is 39.9 Å². The summed E-state index contributed by atoms with van der Waals surface area (Å²) in [5.74, 6) is -4.69. The Bertz CT molecular complexity index is 1370. The van der Waals surface area contributed by atoms with E-state index in [1.807, 2.05) is 0 Å². The molecule has 2 heterocycles. The predicted molar refractivity (Wildman–Crippen MR) is 122 cm³/mol. The second-order valence-electron chi connectivity index (χ2n) is 8.17. The van der Waals surface area contributed by atoms with Crippen molar-refractivity contribution in [1.82, 2.24) is 0 Å². The fourth-order valence-electron chi connectivity index (χ4n) is 3.73. The number of benzene rings is 2. The molecule has 0 bridgehead atoms. The van der Waals surface area contributed by atoms with Crippen LogP contribution in [0.5, 0.6) is 17.2 Å². The quantitative estimate of drug-likeness (QED) is 0.139. The van der Waals surface area contributed by atoms with E-state index in [0.29, 0.717) is 5.56 Å². The number of aromatic hydroxyl groups is 2. The van der Waals surface area contributed by atoms with Gasteiger partial charge in [-0.15, -0.1) is 0 Å². The molecule has 1 aromatic heterocycles. The summed E-state index contributed by atoms with van der Waals surface area (Å²) in [7, 11) is 0. The van der Waals surface area contributed by atoms with Crippen LogP contribution in [0.2, 0.25) is 0 Å². The van der Waals surface area contributed by atoms with Gasteiger partial charge in [-0.25, -0.2) is 0 Å². The second kappa shape index (κ2) is 10.4. The first kappa shape index (κ1) is 25.9. The molecule has 1 fully saturated rings. The van der Waals surface area contributed by atoms with Gasteiger partial charge in [-0.1, -0.05) is 30.3 Å². The van der Waals surface area contributed by atoms with Crippen LogP contribution in [0.15, 0.2) is 51.7 Å². The van der Waals surface area contributed by atoms with Gasteiger partial charge in [0.2, 0.25) is 12.0 Å². The van der Waals surface area contributed by atoms with Gasteiger partial charge in [0.1, 0.15) is 54.2 Å². The van der Waals surface area contributed by atoms with Gasteiger partial charge in [0.15, 0.2) is 16.9 Å². The standard InChI is InChI=1S/C24H22O13/c25-11-6-12(10-4-2-1-3-5-10)35-13-7-14(19(29)21(31)18(11)13)36-24-23(33)22(32)20(30)15(37-24)9-34-17(28)8-16(26)27/h1-7,15,20,22-24,29-33H,8-9H2,(H,26,27)/t15-,20-,22+,23+,24-/m1/s1. The number of hydrogen-bond donors (Lipinski definition) is 6. The van der Waals surface area contributed by atoms with Crippen LogP contribution < -0.4 is 10.2 Å². The van der Waals surface area contributed by atoms with Gasteiger partial charge >= 0.3 is 11.9 Å². The first-order chi connectivity index (χ1) is 17.6. The van der Waals surface area contributed by atoms with E-state index in [1.54, 1.807) is 30.3 Å². The van der Waals surface area contributed by atoms with Crippen molar-refractivity contribution < 1.29 is 58.9 Å². The Morgan fingerprint density at radius 1 is 0.946 bits per heavy atom. The molecule has 3 aromatic rings. The molecule has 0 radical (unpaired) electrons. The third-order valence-corrected chi connectivity index (χ3v) is 5.61. The predicted octanol–water partition coefficient (Wildman–Crippen LogP) is 0.0755. The maximum Gasteiger partial charge on any atom is 0.317 e. The number of carboxylic acids is 1. The van der Waals surface area contributed by atoms with Crippen molar-refractivity contribution in [2.75, 3.05) is 6.61 Å². The number of phenolic OH excluding ortho intramolecular Hbond substituents is 2. The van der Waals surface area contributed by atoms with Gasteiger partial charge in [0.25, 0.3) is 0 Å². The number of rotatable bonds is 7. The molecule has 196 valence electrons. The largest absolute Gasteiger partial charge is 0.504 e. The molecule has 1 saturated heterocycles. The minimum absolute atomic E-state index is 0.157. The number of aliphatic carboxylic acids is 1. The van der Waals surface area contributed by atoms with Crippen molar-refractivity contribution in [3.8, 4) is 28.6 Å². The molecule has 0 aliphatic carbocycles. The molecule has 2 aromatic carbocycles. The molecule has 0 unspecified atom stereocenters. The normalized spacial score (nSPS) is 23.5. The summed E-state index contributed by atoms with van der Waals surface area (Å²) >= 11 is 0. The third-order valence-electron chi connectivity index (χ3n) is 5.61. The van der Waals surface area contributed by atoms with Gasteiger partial charge in [-0.05, 0) is 0 Å². The maximum absolute atomic E-state index is 12.6. The van der Waals surface area contributed by atoms with E-state index in [-0.39, 0.29) is 16.7 Å². The molecule has 0 spiro atoms. The molecule has 13 nitrogen and oxygen atoms in total. The number of aliphatic hydroxyl groups is 3. The molecule has 1 aliphatic heterocycles. The monoisotopic (exact) mass is 518 g/mol. The fraction of sp³-hybridized carbons (Fsp3) is 0.292. The topological polar surface area (TPSA) is 213 Å². The SMILES string of the molecule is O=C(O)CC(=O)OC[C@H]1O[C@@H](Oc2cc3oc(-c4ccccc4)cc(=O)c3c(O)c2O)[C@@H](O)[C@@H](O)[C@@H]1O. The van der Waals surface area contributed by atoms with Crippen molar-refractivity contribution in [2.24, 2.45) is 0 Å². The van der Waals surface area contributed by atoms with Crippen LogP contribution in [0, 0.1) is 0 Å². The smallest absolute Gasteiger partial charge is 0.317 e. The van der Waals surface area contributed by atoms with Crippen molar-refractivity contribution in [3.63, 3.8) is 0 Å². The average molecular weight is 518 g/mol. The number of fused-ring (bicyclic) bond motifs is 1. The van der Waals surface area contributed by atoms with Crippen molar-refractivity contribution in [1.29, 1.82) is 0 Å². The van der Waals surface area contributed by atoms with Crippen LogP contribution in [0.4, 0.5) is 0 Å². The van der Waals surface area contributed by atoms with Crippen molar-refractivity contribution in [3.05, 3.63) is 52.7 Å². The minimum Gasteiger partial charge on any atom is -0.504 e. The Morgan fingerprint density at radius 2 is 1.65 bits per heavy atom. The third kappa shape index (κ3) is 5.34. The van der Waals surface area contributed by atoms with E-state index in [1.165, 1.54) is 0 Å². The number of carbonyl (C=O) groups excluding carboxylic acids is 1. The lowest BCUT2D eigenvalue weighted by molar-refractivity contribution is -0.278. The molecular formula is C24H22O13. The zero-order valence-corrected chi connectivity index (χ0v) is 18.9. The van der Waals surface area contributed by atoms with E-state index >= 15 is 0 Å². The highest BCUT2D eigenvalue weighted by molar-refractivity contribution is 5.90. The van der Waals surface area contributed by atoms with Crippen LogP contribution in [0.3, 0.4) is 0 Å². The molecule has 4 rings (SSSR count). The Balaban J connectivity index is 1.63. The number of carboxylic acid groups (broad SMARTS) is 1. The van der Waals surface area contributed by atoms with Gasteiger partial charge < -0.3 is 49.3 Å². The highest BCUT2D eigenvalue weighted by atomic mass is 16.7. The van der Waals surface area contributed by atoms with Crippen LogP contribution in [0.1, 0.15) is 6.42 Å². The second-order valence-corrected chi connectivity index (χ2v) is 8.17. The molecular weight excluding hydrogens is 496 g/mol. The first-order valence-corrected chi connectivity index (χ1v) is 10.9. The summed E-state index contributed by atoms with van der Waals surface area (Å²) in [5.41, 5.74) is -0.281. The highest BCUT2D eigenvalue weighted by Crippen LogP contribution is 2.42. The molecule has 5 atom stereocenters. The molecule has 0 amide bonds. The van der Waals surface area contributed by atoms with Crippen molar-refractivity contribution in [2.45, 2.75) is 37.1 Å². The van der Waals surface area contributed by atoms with E-state index in [4.69, 9.17) is 23.7 Å². The minimum atomic E-state index is -1.87. The van der Waals surface area contributed by atoms with Gasteiger partial charge in [-0.2, -0.15) is 0 Å².